The topological polar surface area (TPSA) is 54.3 Å². The number of hydrogen-bond acceptors (Lipinski definition) is 2. The number of nitrogens with one attached hydrogen (secondary N) is 1. The van der Waals surface area contributed by atoms with Gasteiger partial charge in [0.25, 0.3) is 5.91 Å². The zero-order valence-corrected chi connectivity index (χ0v) is 11.8. The van der Waals surface area contributed by atoms with Crippen molar-refractivity contribution in [3.05, 3.63) is 23.5 Å². The molecular formula is C14H24N2O2. The summed E-state index contributed by atoms with van der Waals surface area (Å²) in [7, 11) is 1.89. The zero-order valence-electron chi connectivity index (χ0n) is 11.8. The number of carbonyl (C=O) groups is 1. The predicted octanol–water partition coefficient (Wildman–Crippen LogP) is 1.86. The van der Waals surface area contributed by atoms with E-state index in [1.807, 2.05) is 30.7 Å². The number of carbonyl (C=O) groups excluding carboxylic acids is 1. The maximum Gasteiger partial charge on any atom is 0.267 e. The van der Waals surface area contributed by atoms with Crippen LogP contribution in [-0.4, -0.2) is 28.7 Å². The summed E-state index contributed by atoms with van der Waals surface area (Å²) >= 11 is 0. The minimum Gasteiger partial charge on any atom is -0.396 e. The first-order valence-electron chi connectivity index (χ1n) is 6.39. The van der Waals surface area contributed by atoms with Gasteiger partial charge in [-0.25, -0.2) is 0 Å². The van der Waals surface area contributed by atoms with Gasteiger partial charge in [-0.05, 0) is 37.3 Å². The van der Waals surface area contributed by atoms with Crippen molar-refractivity contribution in [2.24, 2.45) is 12.5 Å². The molecule has 1 heterocycles. The van der Waals surface area contributed by atoms with Crippen molar-refractivity contribution in [2.75, 3.05) is 13.2 Å². The van der Waals surface area contributed by atoms with Crippen molar-refractivity contribution in [3.63, 3.8) is 0 Å². The SMILES string of the molecule is Cc1ccc(C(=O)NCC(C)(C)CCCO)n1C. The fourth-order valence-corrected chi connectivity index (χ4v) is 1.90. The van der Waals surface area contributed by atoms with Gasteiger partial charge in [0, 0.05) is 25.9 Å². The van der Waals surface area contributed by atoms with Gasteiger partial charge >= 0.3 is 0 Å². The van der Waals surface area contributed by atoms with Crippen molar-refractivity contribution in [1.82, 2.24) is 9.88 Å². The largest absolute Gasteiger partial charge is 0.396 e. The number of nitrogens with zero attached hydrogens (tertiary/aromatic N) is 1. The van der Waals surface area contributed by atoms with Crippen LogP contribution in [-0.2, 0) is 7.05 Å². The van der Waals surface area contributed by atoms with Crippen LogP contribution in [0.2, 0.25) is 0 Å². The van der Waals surface area contributed by atoms with Gasteiger partial charge in [-0.1, -0.05) is 13.8 Å². The molecule has 2 N–H and O–H groups in total. The van der Waals surface area contributed by atoms with Gasteiger partial charge in [0.15, 0.2) is 0 Å². The highest BCUT2D eigenvalue weighted by molar-refractivity contribution is 5.92. The van der Waals surface area contributed by atoms with Crippen LogP contribution in [0.4, 0.5) is 0 Å². The molecule has 18 heavy (non-hydrogen) atoms. The van der Waals surface area contributed by atoms with Crippen LogP contribution in [0.25, 0.3) is 0 Å². The van der Waals surface area contributed by atoms with E-state index >= 15 is 0 Å². The lowest BCUT2D eigenvalue weighted by atomic mass is 9.88. The molecule has 0 aliphatic carbocycles. The number of rotatable bonds is 6. The molecule has 1 amide bonds. The van der Waals surface area contributed by atoms with Crippen LogP contribution < -0.4 is 5.32 Å². The monoisotopic (exact) mass is 252 g/mol. The smallest absolute Gasteiger partial charge is 0.267 e. The fourth-order valence-electron chi connectivity index (χ4n) is 1.90. The molecule has 0 saturated heterocycles. The van der Waals surface area contributed by atoms with Crippen molar-refractivity contribution in [1.29, 1.82) is 0 Å². The number of aliphatic hydroxyl groups is 1. The Hall–Kier alpha value is -1.29. The molecule has 4 nitrogen and oxygen atoms in total. The van der Waals surface area contributed by atoms with Crippen LogP contribution in [0.15, 0.2) is 12.1 Å². The summed E-state index contributed by atoms with van der Waals surface area (Å²) in [5.74, 6) is -0.0392. The van der Waals surface area contributed by atoms with E-state index in [-0.39, 0.29) is 17.9 Å². The molecule has 0 saturated carbocycles. The van der Waals surface area contributed by atoms with Gasteiger partial charge in [0.1, 0.15) is 5.69 Å². The summed E-state index contributed by atoms with van der Waals surface area (Å²) in [5, 5.41) is 11.8. The molecule has 0 unspecified atom stereocenters. The summed E-state index contributed by atoms with van der Waals surface area (Å²) in [4.78, 5) is 12.0. The Morgan fingerprint density at radius 1 is 1.44 bits per heavy atom. The van der Waals surface area contributed by atoms with E-state index in [1.165, 1.54) is 0 Å². The maximum atomic E-state index is 12.0. The average Bonchev–Trinajstić information content (AvgIpc) is 2.65. The summed E-state index contributed by atoms with van der Waals surface area (Å²) in [6.45, 7) is 6.99. The summed E-state index contributed by atoms with van der Waals surface area (Å²) in [6, 6.07) is 3.78. The van der Waals surface area contributed by atoms with Crippen LogP contribution in [0.1, 0.15) is 42.9 Å². The Kier molecular flexibility index (Phi) is 4.96. The quantitative estimate of drug-likeness (QED) is 0.812. The van der Waals surface area contributed by atoms with Crippen LogP contribution in [0, 0.1) is 12.3 Å². The third kappa shape index (κ3) is 3.88. The zero-order chi connectivity index (χ0) is 13.8. The molecule has 0 bridgehead atoms. The van der Waals surface area contributed by atoms with Gasteiger partial charge in [-0.2, -0.15) is 0 Å². The van der Waals surface area contributed by atoms with Crippen LogP contribution in [0.5, 0.6) is 0 Å². The first-order valence-corrected chi connectivity index (χ1v) is 6.39. The number of aromatic nitrogens is 1. The van der Waals surface area contributed by atoms with Crippen molar-refractivity contribution in [3.8, 4) is 0 Å². The highest BCUT2D eigenvalue weighted by atomic mass is 16.2. The molecule has 0 aromatic carbocycles. The Morgan fingerprint density at radius 2 is 2.11 bits per heavy atom. The molecule has 0 aliphatic rings. The van der Waals surface area contributed by atoms with Gasteiger partial charge < -0.3 is 15.0 Å². The van der Waals surface area contributed by atoms with E-state index < -0.39 is 0 Å². The lowest BCUT2D eigenvalue weighted by Crippen LogP contribution is -2.35. The number of hydrogen-bond donors (Lipinski definition) is 2. The standard InChI is InChI=1S/C14H24N2O2/c1-11-6-7-12(16(11)4)13(18)15-10-14(2,3)8-5-9-17/h6-7,17H,5,8-10H2,1-4H3,(H,15,18). The first-order chi connectivity index (χ1) is 8.37. The number of aryl methyl sites for hydroxylation is 1. The summed E-state index contributed by atoms with van der Waals surface area (Å²) in [5.41, 5.74) is 1.77. The van der Waals surface area contributed by atoms with E-state index in [0.29, 0.717) is 12.2 Å². The van der Waals surface area contributed by atoms with E-state index in [0.717, 1.165) is 18.5 Å². The molecule has 0 fully saturated rings. The predicted molar refractivity (Wildman–Crippen MR) is 72.6 cm³/mol. The minimum absolute atomic E-state index is 0.0125. The number of amides is 1. The lowest BCUT2D eigenvalue weighted by Gasteiger charge is -2.24. The third-order valence-electron chi connectivity index (χ3n) is 3.34. The Labute approximate surface area is 109 Å². The molecule has 0 aliphatic heterocycles. The second-order valence-electron chi connectivity index (χ2n) is 5.59. The molecule has 1 aromatic heterocycles. The summed E-state index contributed by atoms with van der Waals surface area (Å²) < 4.78 is 1.88. The second kappa shape index (κ2) is 6.05. The summed E-state index contributed by atoms with van der Waals surface area (Å²) in [6.07, 6.45) is 1.67. The second-order valence-corrected chi connectivity index (χ2v) is 5.59. The highest BCUT2D eigenvalue weighted by Gasteiger charge is 2.19. The Bertz CT molecular complexity index is 408. The van der Waals surface area contributed by atoms with Crippen LogP contribution >= 0.6 is 0 Å². The minimum atomic E-state index is -0.0392. The van der Waals surface area contributed by atoms with Crippen molar-refractivity contribution in [2.45, 2.75) is 33.6 Å². The molecule has 0 atom stereocenters. The normalized spacial score (nSPS) is 11.6. The molecule has 4 heteroatoms. The van der Waals surface area contributed by atoms with E-state index in [9.17, 15) is 4.79 Å². The molecule has 0 spiro atoms. The molecule has 0 radical (unpaired) electrons. The van der Waals surface area contributed by atoms with Crippen molar-refractivity contribution < 1.29 is 9.90 Å². The fraction of sp³-hybridized carbons (Fsp3) is 0.643. The number of aliphatic hydroxyl groups excluding tert-OH is 1. The van der Waals surface area contributed by atoms with E-state index in [2.05, 4.69) is 19.2 Å². The van der Waals surface area contributed by atoms with Gasteiger partial charge in [0.05, 0.1) is 0 Å². The third-order valence-corrected chi connectivity index (χ3v) is 3.34. The lowest BCUT2D eigenvalue weighted by molar-refractivity contribution is 0.0924. The average molecular weight is 252 g/mol. The van der Waals surface area contributed by atoms with Crippen LogP contribution in [0.3, 0.4) is 0 Å². The molecular weight excluding hydrogens is 228 g/mol. The maximum absolute atomic E-state index is 12.0. The van der Waals surface area contributed by atoms with E-state index in [4.69, 9.17) is 5.11 Å². The Morgan fingerprint density at radius 3 is 2.61 bits per heavy atom. The molecule has 102 valence electrons. The Balaban J connectivity index is 2.53. The van der Waals surface area contributed by atoms with Gasteiger partial charge in [0.2, 0.25) is 0 Å². The van der Waals surface area contributed by atoms with E-state index in [1.54, 1.807) is 0 Å². The first kappa shape index (κ1) is 14.8. The molecule has 1 rings (SSSR count). The van der Waals surface area contributed by atoms with Gasteiger partial charge in [-0.3, -0.25) is 4.79 Å². The molecule has 1 aromatic rings. The highest BCUT2D eigenvalue weighted by Crippen LogP contribution is 2.21. The van der Waals surface area contributed by atoms with Crippen molar-refractivity contribution >= 4 is 5.91 Å². The van der Waals surface area contributed by atoms with Gasteiger partial charge in [-0.15, -0.1) is 0 Å².